The third-order valence-corrected chi connectivity index (χ3v) is 6.31. The van der Waals surface area contributed by atoms with Crippen LogP contribution in [-0.2, 0) is 9.59 Å². The number of hydrogen-bond acceptors (Lipinski definition) is 8. The van der Waals surface area contributed by atoms with Crippen molar-refractivity contribution in [2.75, 3.05) is 35.3 Å². The standard InChI is InChI=1S/C20H30N8O2/c1-21-18-24-19(27-10-2-4-14(27)16(29)22-12-6-7-12)26-20(25-18)28-11-3-5-15(28)17(30)23-13-8-9-13/h12-15H,2-11H2,1H3,(H,22,29)(H,23,30)(H,21,24,25,26). The van der Waals surface area contributed by atoms with E-state index in [1.807, 2.05) is 9.80 Å². The monoisotopic (exact) mass is 414 g/mol. The van der Waals surface area contributed by atoms with Gasteiger partial charge in [-0.05, 0) is 51.4 Å². The lowest BCUT2D eigenvalue weighted by molar-refractivity contribution is -0.123. The molecule has 1 aromatic heterocycles. The highest BCUT2D eigenvalue weighted by Crippen LogP contribution is 2.29. The molecule has 4 aliphatic rings. The van der Waals surface area contributed by atoms with Crippen LogP contribution in [-0.4, -0.2) is 71.1 Å². The van der Waals surface area contributed by atoms with Gasteiger partial charge in [0.1, 0.15) is 12.1 Å². The van der Waals surface area contributed by atoms with Crippen LogP contribution in [0.2, 0.25) is 0 Å². The number of anilines is 3. The summed E-state index contributed by atoms with van der Waals surface area (Å²) in [6.07, 6.45) is 7.71. The van der Waals surface area contributed by atoms with Gasteiger partial charge in [0.2, 0.25) is 29.7 Å². The molecule has 0 bridgehead atoms. The SMILES string of the molecule is CNc1nc(N2CCCC2C(=O)NC2CC2)nc(N2CCCC2C(=O)NC2CC2)n1. The van der Waals surface area contributed by atoms with Crippen LogP contribution in [0.3, 0.4) is 0 Å². The first kappa shape index (κ1) is 19.3. The van der Waals surface area contributed by atoms with Crippen LogP contribution in [0.15, 0.2) is 0 Å². The molecule has 3 N–H and O–H groups in total. The van der Waals surface area contributed by atoms with Gasteiger partial charge in [-0.1, -0.05) is 0 Å². The summed E-state index contributed by atoms with van der Waals surface area (Å²) in [6.45, 7) is 1.47. The van der Waals surface area contributed by atoms with E-state index < -0.39 is 0 Å². The lowest BCUT2D eigenvalue weighted by atomic mass is 10.2. The summed E-state index contributed by atoms with van der Waals surface area (Å²) < 4.78 is 0. The molecular weight excluding hydrogens is 384 g/mol. The van der Waals surface area contributed by atoms with Gasteiger partial charge in [-0.2, -0.15) is 15.0 Å². The minimum Gasteiger partial charge on any atom is -0.357 e. The molecule has 10 nitrogen and oxygen atoms in total. The summed E-state index contributed by atoms with van der Waals surface area (Å²) in [5.41, 5.74) is 0. The number of nitrogens with zero attached hydrogens (tertiary/aromatic N) is 5. The van der Waals surface area contributed by atoms with E-state index in [-0.39, 0.29) is 23.9 Å². The number of nitrogens with one attached hydrogen (secondary N) is 3. The lowest BCUT2D eigenvalue weighted by Crippen LogP contribution is -2.46. The number of carbonyl (C=O) groups excluding carboxylic acids is 2. The number of aromatic nitrogens is 3. The number of hydrogen-bond donors (Lipinski definition) is 3. The highest BCUT2D eigenvalue weighted by atomic mass is 16.2. The molecule has 2 amide bonds. The maximum Gasteiger partial charge on any atom is 0.243 e. The Kier molecular flexibility index (Phi) is 5.08. The van der Waals surface area contributed by atoms with Gasteiger partial charge in [0.05, 0.1) is 0 Å². The molecule has 1 aromatic rings. The van der Waals surface area contributed by atoms with Gasteiger partial charge < -0.3 is 25.8 Å². The number of carbonyl (C=O) groups is 2. The van der Waals surface area contributed by atoms with E-state index in [2.05, 4.69) is 25.9 Å². The zero-order chi connectivity index (χ0) is 20.7. The zero-order valence-corrected chi connectivity index (χ0v) is 17.4. The van der Waals surface area contributed by atoms with Crippen molar-refractivity contribution >= 4 is 29.7 Å². The molecular formula is C20H30N8O2. The first-order valence-corrected chi connectivity index (χ1v) is 11.2. The van der Waals surface area contributed by atoms with Crippen molar-refractivity contribution in [1.82, 2.24) is 25.6 Å². The molecule has 0 radical (unpaired) electrons. The highest BCUT2D eigenvalue weighted by molar-refractivity contribution is 5.86. The molecule has 30 heavy (non-hydrogen) atoms. The van der Waals surface area contributed by atoms with Gasteiger partial charge in [0.25, 0.3) is 0 Å². The van der Waals surface area contributed by atoms with Crippen molar-refractivity contribution in [2.45, 2.75) is 75.5 Å². The lowest BCUT2D eigenvalue weighted by Gasteiger charge is -2.27. The van der Waals surface area contributed by atoms with Crippen LogP contribution < -0.4 is 25.8 Å². The summed E-state index contributed by atoms with van der Waals surface area (Å²) in [5.74, 6) is 1.59. The topological polar surface area (TPSA) is 115 Å². The molecule has 162 valence electrons. The Morgan fingerprint density at radius 1 is 0.767 bits per heavy atom. The zero-order valence-electron chi connectivity index (χ0n) is 17.4. The summed E-state index contributed by atoms with van der Waals surface area (Å²) in [4.78, 5) is 43.2. The van der Waals surface area contributed by atoms with Crippen LogP contribution in [0.1, 0.15) is 51.4 Å². The second-order valence-corrected chi connectivity index (χ2v) is 8.78. The minimum absolute atomic E-state index is 0.0610. The van der Waals surface area contributed by atoms with Crippen LogP contribution in [0.4, 0.5) is 17.8 Å². The van der Waals surface area contributed by atoms with Gasteiger partial charge in [-0.25, -0.2) is 0 Å². The Balaban J connectivity index is 1.39. The van der Waals surface area contributed by atoms with Gasteiger partial charge >= 0.3 is 0 Å². The fourth-order valence-electron chi connectivity index (χ4n) is 4.33. The molecule has 0 spiro atoms. The number of amides is 2. The molecule has 2 atom stereocenters. The molecule has 5 rings (SSSR count). The highest BCUT2D eigenvalue weighted by Gasteiger charge is 2.38. The van der Waals surface area contributed by atoms with Crippen LogP contribution >= 0.6 is 0 Å². The average molecular weight is 415 g/mol. The summed E-state index contributed by atoms with van der Waals surface area (Å²) >= 11 is 0. The van der Waals surface area contributed by atoms with E-state index in [1.165, 1.54) is 0 Å². The Bertz CT molecular complexity index is 763. The molecule has 3 heterocycles. The molecule has 2 saturated carbocycles. The molecule has 2 unspecified atom stereocenters. The van der Waals surface area contributed by atoms with Crippen molar-refractivity contribution in [1.29, 1.82) is 0 Å². The number of rotatable bonds is 7. The van der Waals surface area contributed by atoms with E-state index in [1.54, 1.807) is 7.05 Å². The third-order valence-electron chi connectivity index (χ3n) is 6.31. The van der Waals surface area contributed by atoms with Crippen molar-refractivity contribution in [3.63, 3.8) is 0 Å². The second-order valence-electron chi connectivity index (χ2n) is 8.78. The third kappa shape index (κ3) is 3.99. The van der Waals surface area contributed by atoms with E-state index in [9.17, 15) is 9.59 Å². The van der Waals surface area contributed by atoms with Crippen molar-refractivity contribution in [3.05, 3.63) is 0 Å². The quantitative estimate of drug-likeness (QED) is 0.588. The fourth-order valence-corrected chi connectivity index (χ4v) is 4.33. The predicted octanol–water partition coefficient (Wildman–Crippen LogP) is 0.408. The van der Waals surface area contributed by atoms with Gasteiger partial charge in [-0.3, -0.25) is 9.59 Å². The largest absolute Gasteiger partial charge is 0.357 e. The first-order valence-electron chi connectivity index (χ1n) is 11.2. The summed E-state index contributed by atoms with van der Waals surface area (Å²) in [5, 5.41) is 9.23. The van der Waals surface area contributed by atoms with E-state index in [0.717, 1.165) is 64.5 Å². The predicted molar refractivity (Wildman–Crippen MR) is 112 cm³/mol. The Morgan fingerprint density at radius 3 is 1.63 bits per heavy atom. The van der Waals surface area contributed by atoms with Crippen molar-refractivity contribution in [2.24, 2.45) is 0 Å². The molecule has 2 saturated heterocycles. The van der Waals surface area contributed by atoms with Crippen LogP contribution in [0.5, 0.6) is 0 Å². The molecule has 10 heteroatoms. The molecule has 0 aromatic carbocycles. The minimum atomic E-state index is -0.252. The summed E-state index contributed by atoms with van der Waals surface area (Å²) in [7, 11) is 1.77. The smallest absolute Gasteiger partial charge is 0.243 e. The van der Waals surface area contributed by atoms with E-state index >= 15 is 0 Å². The van der Waals surface area contributed by atoms with Crippen LogP contribution in [0.25, 0.3) is 0 Å². The maximum atomic E-state index is 12.7. The normalized spacial score (nSPS) is 26.0. The van der Waals surface area contributed by atoms with Gasteiger partial charge in [0, 0.05) is 32.2 Å². The van der Waals surface area contributed by atoms with Gasteiger partial charge in [0.15, 0.2) is 0 Å². The molecule has 2 aliphatic carbocycles. The molecule has 4 fully saturated rings. The van der Waals surface area contributed by atoms with Crippen LogP contribution in [0, 0.1) is 0 Å². The van der Waals surface area contributed by atoms with E-state index in [0.29, 0.717) is 29.9 Å². The first-order chi connectivity index (χ1) is 14.6. The van der Waals surface area contributed by atoms with Crippen molar-refractivity contribution in [3.8, 4) is 0 Å². The maximum absolute atomic E-state index is 12.7. The Morgan fingerprint density at radius 2 is 1.23 bits per heavy atom. The Hall–Kier alpha value is -2.65. The van der Waals surface area contributed by atoms with Gasteiger partial charge in [-0.15, -0.1) is 0 Å². The molecule has 2 aliphatic heterocycles. The second kappa shape index (κ2) is 7.88. The fraction of sp³-hybridized carbons (Fsp3) is 0.750. The van der Waals surface area contributed by atoms with Crippen molar-refractivity contribution < 1.29 is 9.59 Å². The Labute approximate surface area is 176 Å². The summed E-state index contributed by atoms with van der Waals surface area (Å²) in [6, 6.07) is 0.158. The average Bonchev–Trinajstić information content (AvgIpc) is 3.63. The van der Waals surface area contributed by atoms with E-state index in [4.69, 9.17) is 4.98 Å².